The Morgan fingerprint density at radius 3 is 2.27 bits per heavy atom. The van der Waals surface area contributed by atoms with Crippen LogP contribution in [-0.4, -0.2) is 29.2 Å². The van der Waals surface area contributed by atoms with Gasteiger partial charge in [-0.05, 0) is 73.0 Å². The minimum Gasteiger partial charge on any atom is -0.508 e. The molecule has 0 bridgehead atoms. The van der Waals surface area contributed by atoms with Crippen LogP contribution < -0.4 is 10.1 Å². The van der Waals surface area contributed by atoms with Gasteiger partial charge in [-0.2, -0.15) is 0 Å². The maximum Gasteiger partial charge on any atom is 0.315 e. The number of amides is 1. The van der Waals surface area contributed by atoms with Crippen molar-refractivity contribution in [2.24, 2.45) is 0 Å². The largest absolute Gasteiger partial charge is 0.508 e. The van der Waals surface area contributed by atoms with Crippen LogP contribution in [-0.2, 0) is 14.3 Å². The number of phenols is 1. The molecule has 1 unspecified atom stereocenters. The Morgan fingerprint density at radius 1 is 1.03 bits per heavy atom. The van der Waals surface area contributed by atoms with Crippen LogP contribution >= 0.6 is 0 Å². The highest BCUT2D eigenvalue weighted by atomic mass is 19.1. The summed E-state index contributed by atoms with van der Waals surface area (Å²) < 4.78 is 23.7. The van der Waals surface area contributed by atoms with E-state index in [0.717, 1.165) is 11.1 Å². The molecule has 3 N–H and O–H groups in total. The summed E-state index contributed by atoms with van der Waals surface area (Å²) >= 11 is 0. The highest BCUT2D eigenvalue weighted by Crippen LogP contribution is 2.36. The summed E-state index contributed by atoms with van der Waals surface area (Å²) in [6.45, 7) is 3.60. The molecule has 0 saturated carbocycles. The number of aliphatic hydroxyl groups excluding tert-OH is 1. The van der Waals surface area contributed by atoms with Crippen molar-refractivity contribution >= 4 is 17.6 Å². The Kier molecular flexibility index (Phi) is 7.30. The van der Waals surface area contributed by atoms with Gasteiger partial charge >= 0.3 is 5.97 Å². The van der Waals surface area contributed by atoms with E-state index in [2.05, 4.69) is 10.1 Å². The Hall–Kier alpha value is -3.91. The van der Waals surface area contributed by atoms with Crippen LogP contribution in [0.2, 0.25) is 0 Å². The number of hydrogen-bond donors (Lipinski definition) is 3. The van der Waals surface area contributed by atoms with Gasteiger partial charge in [-0.1, -0.05) is 12.1 Å². The van der Waals surface area contributed by atoms with E-state index in [1.807, 2.05) is 0 Å². The number of aromatic hydroxyl groups is 1. The summed E-state index contributed by atoms with van der Waals surface area (Å²) in [4.78, 5) is 23.2. The lowest BCUT2D eigenvalue weighted by Crippen LogP contribution is -2.17. The second-order valence-electron chi connectivity index (χ2n) is 7.52. The van der Waals surface area contributed by atoms with Crippen LogP contribution in [0.5, 0.6) is 17.2 Å². The first-order valence-corrected chi connectivity index (χ1v) is 10.1. The number of anilines is 1. The molecule has 0 saturated heterocycles. The van der Waals surface area contributed by atoms with Gasteiger partial charge in [-0.25, -0.2) is 4.39 Å². The van der Waals surface area contributed by atoms with Crippen molar-refractivity contribution in [1.29, 1.82) is 0 Å². The molecule has 1 amide bonds. The molecule has 0 aliphatic carbocycles. The number of rotatable bonds is 7. The zero-order valence-electron chi connectivity index (χ0n) is 18.4. The fourth-order valence-corrected chi connectivity index (χ4v) is 3.35. The molecule has 0 aliphatic rings. The lowest BCUT2D eigenvalue weighted by Gasteiger charge is -2.17. The number of nitrogens with one attached hydrogen (secondary N) is 1. The summed E-state index contributed by atoms with van der Waals surface area (Å²) in [6.07, 6.45) is -1.57. The molecule has 7 nitrogen and oxygen atoms in total. The Morgan fingerprint density at radius 2 is 1.67 bits per heavy atom. The fraction of sp³-hybridized carbons (Fsp3) is 0.200. The third-order valence-electron chi connectivity index (χ3n) is 4.98. The molecular weight excluding hydrogens is 429 g/mol. The molecule has 3 aromatic rings. The maximum atomic E-state index is 13.2. The molecule has 33 heavy (non-hydrogen) atoms. The van der Waals surface area contributed by atoms with E-state index in [1.54, 1.807) is 32.0 Å². The summed E-state index contributed by atoms with van der Waals surface area (Å²) in [5, 5.41) is 23.5. The molecule has 0 spiro atoms. The number of halogens is 1. The molecule has 1 atom stereocenters. The van der Waals surface area contributed by atoms with Gasteiger partial charge in [0.05, 0.1) is 7.11 Å². The predicted molar refractivity (Wildman–Crippen MR) is 120 cm³/mol. The first-order valence-electron chi connectivity index (χ1n) is 10.1. The van der Waals surface area contributed by atoms with Gasteiger partial charge in [0.15, 0.2) is 0 Å². The van der Waals surface area contributed by atoms with Gasteiger partial charge in [0.1, 0.15) is 35.6 Å². The lowest BCUT2D eigenvalue weighted by molar-refractivity contribution is -0.142. The van der Waals surface area contributed by atoms with E-state index in [4.69, 9.17) is 4.74 Å². The van der Waals surface area contributed by atoms with Gasteiger partial charge in [0, 0.05) is 11.3 Å². The molecule has 3 rings (SSSR count). The highest BCUT2D eigenvalue weighted by molar-refractivity contribution is 6.02. The van der Waals surface area contributed by atoms with Crippen LogP contribution in [0.4, 0.5) is 10.1 Å². The van der Waals surface area contributed by atoms with Gasteiger partial charge in [-0.15, -0.1) is 0 Å². The van der Waals surface area contributed by atoms with E-state index in [0.29, 0.717) is 22.7 Å². The second kappa shape index (κ2) is 10.1. The molecule has 0 fully saturated rings. The van der Waals surface area contributed by atoms with E-state index >= 15 is 0 Å². The normalized spacial score (nSPS) is 11.5. The number of methoxy groups -OCH3 is 1. The van der Waals surface area contributed by atoms with Gasteiger partial charge in [0.2, 0.25) is 5.91 Å². The van der Waals surface area contributed by atoms with E-state index < -0.39 is 23.8 Å². The third-order valence-corrected chi connectivity index (χ3v) is 4.98. The van der Waals surface area contributed by atoms with Crippen molar-refractivity contribution in [2.75, 3.05) is 12.4 Å². The molecule has 0 aliphatic heterocycles. The van der Waals surface area contributed by atoms with Crippen LogP contribution in [0.3, 0.4) is 0 Å². The molecule has 172 valence electrons. The average Bonchev–Trinajstić information content (AvgIpc) is 2.77. The quantitative estimate of drug-likeness (QED) is 0.359. The van der Waals surface area contributed by atoms with Gasteiger partial charge in [-0.3, -0.25) is 9.59 Å². The number of aliphatic hydroxyl groups is 1. The van der Waals surface area contributed by atoms with Crippen LogP contribution in [0.15, 0.2) is 54.6 Å². The number of aryl methyl sites for hydroxylation is 2. The van der Waals surface area contributed by atoms with Crippen LogP contribution in [0, 0.1) is 19.7 Å². The highest BCUT2D eigenvalue weighted by Gasteiger charge is 2.17. The van der Waals surface area contributed by atoms with E-state index in [-0.39, 0.29) is 17.7 Å². The number of ether oxygens (including phenoxy) is 2. The number of esters is 1. The molecule has 8 heteroatoms. The zero-order valence-corrected chi connectivity index (χ0v) is 18.4. The smallest absolute Gasteiger partial charge is 0.315 e. The van der Waals surface area contributed by atoms with Crippen molar-refractivity contribution in [3.05, 3.63) is 82.7 Å². The van der Waals surface area contributed by atoms with E-state index in [9.17, 15) is 24.2 Å². The molecular formula is C25H24FNO6. The van der Waals surface area contributed by atoms with Crippen molar-refractivity contribution in [1.82, 2.24) is 0 Å². The Bertz CT molecular complexity index is 1150. The first kappa shape index (κ1) is 23.7. The summed E-state index contributed by atoms with van der Waals surface area (Å²) in [5.74, 6) is -0.773. The predicted octanol–water partition coefficient (Wildman–Crippen LogP) is 4.52. The Labute approximate surface area is 190 Å². The lowest BCUT2D eigenvalue weighted by atomic mass is 10.0. The minimum atomic E-state index is -1.18. The third kappa shape index (κ3) is 5.87. The summed E-state index contributed by atoms with van der Waals surface area (Å²) in [7, 11) is 1.21. The fourth-order valence-electron chi connectivity index (χ4n) is 3.35. The van der Waals surface area contributed by atoms with Gasteiger partial charge in [0.25, 0.3) is 0 Å². The maximum absolute atomic E-state index is 13.2. The minimum absolute atomic E-state index is 0.128. The second-order valence-corrected chi connectivity index (χ2v) is 7.52. The van der Waals surface area contributed by atoms with Crippen LogP contribution in [0.1, 0.15) is 34.8 Å². The first-order chi connectivity index (χ1) is 15.7. The monoisotopic (exact) mass is 453 g/mol. The molecule has 0 radical (unpaired) electrons. The Balaban J connectivity index is 1.82. The molecule has 0 heterocycles. The van der Waals surface area contributed by atoms with Crippen LogP contribution in [0.25, 0.3) is 0 Å². The average molecular weight is 453 g/mol. The summed E-state index contributed by atoms with van der Waals surface area (Å²) in [6, 6.07) is 13.2. The van der Waals surface area contributed by atoms with Gasteiger partial charge < -0.3 is 25.0 Å². The van der Waals surface area contributed by atoms with Crippen molar-refractivity contribution in [3.8, 4) is 17.2 Å². The zero-order chi connectivity index (χ0) is 24.1. The topological polar surface area (TPSA) is 105 Å². The standard InChI is InChI=1S/C25H24FNO6/c1-14-10-18(27-22(29)13-23(30)32-3)11-15(2)25(14)33-19-8-9-21(28)20(12-19)24(31)16-4-6-17(26)7-5-16/h4-12,24,28,31H,13H2,1-3H3,(H,27,29). The molecule has 0 aromatic heterocycles. The van der Waals surface area contributed by atoms with Crippen molar-refractivity contribution < 1.29 is 33.7 Å². The number of carbonyl (C=O) groups is 2. The number of phenolic OH excluding ortho intramolecular Hbond substituents is 1. The van der Waals surface area contributed by atoms with Crippen molar-refractivity contribution in [3.63, 3.8) is 0 Å². The van der Waals surface area contributed by atoms with E-state index in [1.165, 1.54) is 43.5 Å². The number of carbonyl (C=O) groups excluding carboxylic acids is 2. The van der Waals surface area contributed by atoms with Crippen molar-refractivity contribution in [2.45, 2.75) is 26.4 Å². The number of benzene rings is 3. The molecule has 3 aromatic carbocycles. The summed E-state index contributed by atoms with van der Waals surface area (Å²) in [5.41, 5.74) is 2.57. The number of hydrogen-bond acceptors (Lipinski definition) is 6. The SMILES string of the molecule is COC(=O)CC(=O)Nc1cc(C)c(Oc2ccc(O)c(C(O)c3ccc(F)cc3)c2)c(C)c1.